The molecule has 0 radical (unpaired) electrons. The molecular weight excluding hydrogens is 256 g/mol. The summed E-state index contributed by atoms with van der Waals surface area (Å²) in [5, 5.41) is 3.45. The molecule has 0 atom stereocenters. The topological polar surface area (TPSA) is 33.1 Å². The zero-order chi connectivity index (χ0) is 13.1. The van der Waals surface area contributed by atoms with Crippen molar-refractivity contribution < 1.29 is 0 Å². The molecule has 2 aromatic rings. The second-order valence-electron chi connectivity index (χ2n) is 4.86. The van der Waals surface area contributed by atoms with Gasteiger partial charge in [-0.2, -0.15) is 11.8 Å². The first-order valence-electron chi connectivity index (χ1n) is 6.80. The summed E-state index contributed by atoms with van der Waals surface area (Å²) in [5.41, 5.74) is 2.24. The second kappa shape index (κ2) is 5.84. The van der Waals surface area contributed by atoms with E-state index in [-0.39, 0.29) is 0 Å². The summed E-state index contributed by atoms with van der Waals surface area (Å²) in [5.74, 6) is 3.51. The van der Waals surface area contributed by atoms with Gasteiger partial charge in [-0.3, -0.25) is 4.90 Å². The fourth-order valence-corrected chi connectivity index (χ4v) is 3.43. The van der Waals surface area contributed by atoms with E-state index in [1.54, 1.807) is 0 Å². The summed E-state index contributed by atoms with van der Waals surface area (Å²) in [6.45, 7) is 4.50. The van der Waals surface area contributed by atoms with Gasteiger partial charge in [0.05, 0.1) is 11.0 Å². The van der Waals surface area contributed by atoms with Crippen LogP contribution < -0.4 is 5.32 Å². The Balaban J connectivity index is 1.60. The smallest absolute Gasteiger partial charge is 0.203 e. The Kier molecular flexibility index (Phi) is 3.94. The molecule has 0 unspecified atom stereocenters. The van der Waals surface area contributed by atoms with Crippen molar-refractivity contribution in [3.8, 4) is 0 Å². The normalized spacial score (nSPS) is 16.9. The largest absolute Gasteiger partial charge is 0.354 e. The highest BCUT2D eigenvalue weighted by Gasteiger charge is 2.10. The third-order valence-electron chi connectivity index (χ3n) is 3.60. The van der Waals surface area contributed by atoms with Gasteiger partial charge in [-0.15, -0.1) is 0 Å². The molecule has 1 aliphatic heterocycles. The van der Waals surface area contributed by atoms with Gasteiger partial charge >= 0.3 is 0 Å². The van der Waals surface area contributed by atoms with Gasteiger partial charge in [0.15, 0.2) is 0 Å². The van der Waals surface area contributed by atoms with Crippen molar-refractivity contribution >= 4 is 28.7 Å². The number of imidazole rings is 1. The maximum absolute atomic E-state index is 4.62. The van der Waals surface area contributed by atoms with Gasteiger partial charge in [-0.25, -0.2) is 4.98 Å². The molecular formula is C14H20N4S. The lowest BCUT2D eigenvalue weighted by Crippen LogP contribution is -2.36. The highest BCUT2D eigenvalue weighted by atomic mass is 32.2. The third-order valence-corrected chi connectivity index (χ3v) is 4.54. The molecule has 2 heterocycles. The Morgan fingerprint density at radius 1 is 1.26 bits per heavy atom. The van der Waals surface area contributed by atoms with E-state index in [1.165, 1.54) is 30.1 Å². The first-order chi connectivity index (χ1) is 9.34. The summed E-state index contributed by atoms with van der Waals surface area (Å²) in [4.78, 5) is 7.14. The van der Waals surface area contributed by atoms with E-state index >= 15 is 0 Å². The summed E-state index contributed by atoms with van der Waals surface area (Å²) in [6, 6.07) is 8.25. The average molecular weight is 276 g/mol. The Morgan fingerprint density at radius 3 is 2.84 bits per heavy atom. The summed E-state index contributed by atoms with van der Waals surface area (Å²) in [7, 11) is 2.06. The summed E-state index contributed by atoms with van der Waals surface area (Å²) < 4.78 is 2.13. The van der Waals surface area contributed by atoms with Crippen LogP contribution >= 0.6 is 11.8 Å². The number of benzene rings is 1. The van der Waals surface area contributed by atoms with Gasteiger partial charge in [0.2, 0.25) is 5.95 Å². The number of thioether (sulfide) groups is 1. The lowest BCUT2D eigenvalue weighted by molar-refractivity contribution is 0.314. The molecule has 0 saturated carbocycles. The van der Waals surface area contributed by atoms with Crippen LogP contribution in [0.25, 0.3) is 11.0 Å². The Morgan fingerprint density at radius 2 is 2.05 bits per heavy atom. The van der Waals surface area contributed by atoms with E-state index in [9.17, 15) is 0 Å². The van der Waals surface area contributed by atoms with E-state index in [4.69, 9.17) is 0 Å². The molecule has 3 rings (SSSR count). The van der Waals surface area contributed by atoms with Crippen molar-refractivity contribution in [3.05, 3.63) is 24.3 Å². The minimum atomic E-state index is 0.960. The van der Waals surface area contributed by atoms with Gasteiger partial charge in [-0.05, 0) is 12.1 Å². The van der Waals surface area contributed by atoms with Crippen LogP contribution in [0.3, 0.4) is 0 Å². The second-order valence-corrected chi connectivity index (χ2v) is 6.09. The van der Waals surface area contributed by atoms with Crippen LogP contribution in [0.1, 0.15) is 0 Å². The van der Waals surface area contributed by atoms with Crippen molar-refractivity contribution in [1.29, 1.82) is 0 Å². The molecule has 1 aliphatic rings. The zero-order valence-corrected chi connectivity index (χ0v) is 12.1. The van der Waals surface area contributed by atoms with E-state index in [2.05, 4.69) is 56.8 Å². The molecule has 1 fully saturated rings. The van der Waals surface area contributed by atoms with Gasteiger partial charge in [0, 0.05) is 44.7 Å². The minimum absolute atomic E-state index is 0.960. The molecule has 0 spiro atoms. The molecule has 4 nitrogen and oxygen atoms in total. The number of hydrogen-bond donors (Lipinski definition) is 1. The third kappa shape index (κ3) is 2.87. The number of aryl methyl sites for hydroxylation is 1. The van der Waals surface area contributed by atoms with Gasteiger partial charge in [-0.1, -0.05) is 12.1 Å². The maximum atomic E-state index is 4.62. The fourth-order valence-electron chi connectivity index (χ4n) is 2.45. The van der Waals surface area contributed by atoms with Crippen molar-refractivity contribution in [2.75, 3.05) is 43.0 Å². The van der Waals surface area contributed by atoms with E-state index in [1.807, 2.05) is 6.07 Å². The molecule has 1 aromatic heterocycles. The van der Waals surface area contributed by atoms with Crippen LogP contribution in [-0.4, -0.2) is 52.1 Å². The predicted molar refractivity (Wildman–Crippen MR) is 83.0 cm³/mol. The van der Waals surface area contributed by atoms with Crippen LogP contribution in [0.15, 0.2) is 24.3 Å². The number of hydrogen-bond acceptors (Lipinski definition) is 4. The molecule has 1 aromatic carbocycles. The van der Waals surface area contributed by atoms with Gasteiger partial charge in [0.1, 0.15) is 0 Å². The predicted octanol–water partition coefficient (Wildman–Crippen LogP) is 2.03. The minimum Gasteiger partial charge on any atom is -0.354 e. The highest BCUT2D eigenvalue weighted by Crippen LogP contribution is 2.17. The van der Waals surface area contributed by atoms with Crippen molar-refractivity contribution in [1.82, 2.24) is 14.5 Å². The first-order valence-corrected chi connectivity index (χ1v) is 7.95. The van der Waals surface area contributed by atoms with Gasteiger partial charge in [0.25, 0.3) is 0 Å². The highest BCUT2D eigenvalue weighted by molar-refractivity contribution is 7.99. The van der Waals surface area contributed by atoms with Crippen LogP contribution in [-0.2, 0) is 7.05 Å². The number of para-hydroxylation sites is 2. The lowest BCUT2D eigenvalue weighted by Gasteiger charge is -2.26. The standard InChI is InChI=1S/C14H20N4S/c1-17-13-5-3-2-4-12(13)16-14(17)15-6-7-18-8-10-19-11-9-18/h2-5H,6-11H2,1H3,(H,15,16). The number of aromatic nitrogens is 2. The Bertz CT molecular complexity index is 545. The SMILES string of the molecule is Cn1c(NCCN2CCSCC2)nc2ccccc21. The fraction of sp³-hybridized carbons (Fsp3) is 0.500. The van der Waals surface area contributed by atoms with Crippen LogP contribution in [0.2, 0.25) is 0 Å². The molecule has 5 heteroatoms. The maximum Gasteiger partial charge on any atom is 0.203 e. The quantitative estimate of drug-likeness (QED) is 0.926. The number of nitrogens with zero attached hydrogens (tertiary/aromatic N) is 3. The Labute approximate surface area is 118 Å². The molecule has 0 amide bonds. The average Bonchev–Trinajstić information content (AvgIpc) is 2.78. The number of nitrogens with one attached hydrogen (secondary N) is 1. The molecule has 0 bridgehead atoms. The van der Waals surface area contributed by atoms with Crippen LogP contribution in [0.5, 0.6) is 0 Å². The number of anilines is 1. The summed E-state index contributed by atoms with van der Waals surface area (Å²) >= 11 is 2.06. The number of rotatable bonds is 4. The first kappa shape index (κ1) is 12.8. The lowest BCUT2D eigenvalue weighted by atomic mass is 10.3. The van der Waals surface area contributed by atoms with Crippen molar-refractivity contribution in [2.24, 2.45) is 7.05 Å². The van der Waals surface area contributed by atoms with Crippen LogP contribution in [0, 0.1) is 0 Å². The monoisotopic (exact) mass is 276 g/mol. The van der Waals surface area contributed by atoms with E-state index in [0.29, 0.717) is 0 Å². The zero-order valence-electron chi connectivity index (χ0n) is 11.3. The molecule has 0 aliphatic carbocycles. The molecule has 1 saturated heterocycles. The van der Waals surface area contributed by atoms with E-state index < -0.39 is 0 Å². The molecule has 1 N–H and O–H groups in total. The van der Waals surface area contributed by atoms with Crippen molar-refractivity contribution in [2.45, 2.75) is 0 Å². The van der Waals surface area contributed by atoms with E-state index in [0.717, 1.165) is 24.6 Å². The molecule has 19 heavy (non-hydrogen) atoms. The van der Waals surface area contributed by atoms with Crippen LogP contribution in [0.4, 0.5) is 5.95 Å². The van der Waals surface area contributed by atoms with Crippen molar-refractivity contribution in [3.63, 3.8) is 0 Å². The van der Waals surface area contributed by atoms with Gasteiger partial charge < -0.3 is 9.88 Å². The molecule has 102 valence electrons. The number of fused-ring (bicyclic) bond motifs is 1. The Hall–Kier alpha value is -1.20. The summed E-state index contributed by atoms with van der Waals surface area (Å²) in [6.07, 6.45) is 0.